The molecular formula is C56H51NO2. The van der Waals surface area contributed by atoms with Gasteiger partial charge in [0.15, 0.2) is 0 Å². The van der Waals surface area contributed by atoms with Gasteiger partial charge in [0.05, 0.1) is 5.69 Å². The lowest BCUT2D eigenvalue weighted by Crippen LogP contribution is -2.17. The van der Waals surface area contributed by atoms with Gasteiger partial charge in [0.25, 0.3) is 0 Å². The standard InChI is InChI=1S/C56H51NO2/c1-53(2,3)32-28-41-39-26-27-40-49-43(56(9,10)50(40)52(39)59-51(41)45(29-32)54(4,5)6)19-15-20-46(49)57(34-23-25-38-37-17-12-14-21-47(37)58-48(38)31-34)33-22-24-36-35-16-11-13-18-42(35)55(7,8)44(36)30-33/h11-31H,1-10H3. The average Bonchev–Trinajstić information content (AvgIpc) is 3.89. The number of benzene rings is 7. The third-order valence-corrected chi connectivity index (χ3v) is 13.7. The van der Waals surface area contributed by atoms with Crippen molar-refractivity contribution in [2.45, 2.75) is 90.9 Å². The van der Waals surface area contributed by atoms with E-state index in [9.17, 15) is 0 Å². The van der Waals surface area contributed by atoms with Gasteiger partial charge in [-0.05, 0) is 98.3 Å². The van der Waals surface area contributed by atoms with E-state index in [0.29, 0.717) is 0 Å². The minimum atomic E-state index is -0.321. The molecule has 0 N–H and O–H groups in total. The zero-order chi connectivity index (χ0) is 41.0. The van der Waals surface area contributed by atoms with Crippen molar-refractivity contribution in [2.24, 2.45) is 0 Å². The minimum absolute atomic E-state index is 0.00330. The van der Waals surface area contributed by atoms with Gasteiger partial charge >= 0.3 is 0 Å². The van der Waals surface area contributed by atoms with E-state index in [4.69, 9.17) is 8.83 Å². The highest BCUT2D eigenvalue weighted by molar-refractivity contribution is 6.12. The monoisotopic (exact) mass is 769 g/mol. The third-order valence-electron chi connectivity index (χ3n) is 13.7. The van der Waals surface area contributed by atoms with Crippen LogP contribution in [-0.4, -0.2) is 0 Å². The number of nitrogens with zero attached hydrogens (tertiary/aromatic N) is 1. The van der Waals surface area contributed by atoms with Crippen molar-refractivity contribution in [3.05, 3.63) is 161 Å². The van der Waals surface area contributed by atoms with Crippen molar-refractivity contribution in [3.63, 3.8) is 0 Å². The lowest BCUT2D eigenvalue weighted by molar-refractivity contribution is 0.556. The molecule has 2 aliphatic rings. The zero-order valence-corrected chi connectivity index (χ0v) is 35.9. The Morgan fingerprint density at radius 3 is 1.92 bits per heavy atom. The molecule has 0 saturated carbocycles. The van der Waals surface area contributed by atoms with Crippen LogP contribution in [0.15, 0.2) is 136 Å². The highest BCUT2D eigenvalue weighted by Gasteiger charge is 2.42. The molecule has 0 fully saturated rings. The molecule has 0 unspecified atom stereocenters. The molecule has 0 radical (unpaired) electrons. The lowest BCUT2D eigenvalue weighted by atomic mass is 9.79. The Bertz CT molecular complexity index is 3240. The predicted octanol–water partition coefficient (Wildman–Crippen LogP) is 16.2. The fourth-order valence-corrected chi connectivity index (χ4v) is 10.5. The Kier molecular flexibility index (Phi) is 7.20. The molecule has 2 aliphatic carbocycles. The summed E-state index contributed by atoms with van der Waals surface area (Å²) in [6.07, 6.45) is 0. The van der Waals surface area contributed by atoms with Crippen LogP contribution in [0.1, 0.15) is 103 Å². The molecule has 7 aromatic carbocycles. The molecule has 2 heterocycles. The summed E-state index contributed by atoms with van der Waals surface area (Å²) >= 11 is 0. The van der Waals surface area contributed by atoms with E-state index in [0.717, 1.165) is 50.2 Å². The van der Waals surface area contributed by atoms with Crippen LogP contribution in [0.3, 0.4) is 0 Å². The van der Waals surface area contributed by atoms with Crippen molar-refractivity contribution < 1.29 is 8.83 Å². The van der Waals surface area contributed by atoms with E-state index in [1.807, 2.05) is 6.07 Å². The van der Waals surface area contributed by atoms with Crippen LogP contribution < -0.4 is 4.90 Å². The van der Waals surface area contributed by atoms with E-state index in [-0.39, 0.29) is 21.7 Å². The van der Waals surface area contributed by atoms with Crippen LogP contribution in [0, 0.1) is 0 Å². The molecule has 0 spiro atoms. The molecular weight excluding hydrogens is 719 g/mol. The van der Waals surface area contributed by atoms with Crippen LogP contribution >= 0.6 is 0 Å². The van der Waals surface area contributed by atoms with Gasteiger partial charge in [-0.25, -0.2) is 0 Å². The Labute approximate surface area is 347 Å². The van der Waals surface area contributed by atoms with Crippen LogP contribution in [0.5, 0.6) is 0 Å². The van der Waals surface area contributed by atoms with Gasteiger partial charge in [-0.1, -0.05) is 142 Å². The van der Waals surface area contributed by atoms with Gasteiger partial charge in [0.2, 0.25) is 0 Å². The van der Waals surface area contributed by atoms with Crippen LogP contribution in [-0.2, 0) is 21.7 Å². The van der Waals surface area contributed by atoms with Crippen molar-refractivity contribution >= 4 is 60.9 Å². The molecule has 11 rings (SSSR count). The number of fused-ring (bicyclic) bond motifs is 13. The lowest BCUT2D eigenvalue weighted by Gasteiger charge is -2.30. The second-order valence-corrected chi connectivity index (χ2v) is 20.2. The second-order valence-electron chi connectivity index (χ2n) is 20.2. The summed E-state index contributed by atoms with van der Waals surface area (Å²) in [7, 11) is 0. The third kappa shape index (κ3) is 5.00. The minimum Gasteiger partial charge on any atom is -0.456 e. The van der Waals surface area contributed by atoms with E-state index in [2.05, 4.69) is 195 Å². The Balaban J connectivity index is 1.18. The molecule has 0 atom stereocenters. The normalized spacial score (nSPS) is 15.2. The molecule has 2 aromatic heterocycles. The zero-order valence-electron chi connectivity index (χ0n) is 35.9. The topological polar surface area (TPSA) is 29.5 Å². The van der Waals surface area contributed by atoms with E-state index in [1.54, 1.807) is 0 Å². The van der Waals surface area contributed by atoms with Gasteiger partial charge in [-0.15, -0.1) is 0 Å². The molecule has 0 bridgehead atoms. The molecule has 3 nitrogen and oxygen atoms in total. The van der Waals surface area contributed by atoms with Gasteiger partial charge in [-0.2, -0.15) is 0 Å². The second kappa shape index (κ2) is 11.8. The first-order valence-electron chi connectivity index (χ1n) is 21.2. The first-order valence-corrected chi connectivity index (χ1v) is 21.2. The summed E-state index contributed by atoms with van der Waals surface area (Å²) in [4.78, 5) is 2.46. The SMILES string of the molecule is CC(C)(C)c1cc(C(C)(C)C)c2oc3c4c(ccc3c2c1)-c1c(N(c2ccc3c(c2)C(C)(C)c2ccccc2-3)c2ccc3c(c2)oc2ccccc23)cccc1C4(C)C. The number of hydrogen-bond donors (Lipinski definition) is 0. The van der Waals surface area contributed by atoms with Crippen molar-refractivity contribution in [3.8, 4) is 22.3 Å². The van der Waals surface area contributed by atoms with Crippen molar-refractivity contribution in [2.75, 3.05) is 4.90 Å². The van der Waals surface area contributed by atoms with Gasteiger partial charge in [0, 0.05) is 66.5 Å². The van der Waals surface area contributed by atoms with Crippen LogP contribution in [0.25, 0.3) is 66.1 Å². The quantitative estimate of drug-likeness (QED) is 0.179. The smallest absolute Gasteiger partial charge is 0.140 e. The summed E-state index contributed by atoms with van der Waals surface area (Å²) in [5, 5.41) is 4.64. The largest absolute Gasteiger partial charge is 0.456 e. The first kappa shape index (κ1) is 36.1. The fourth-order valence-electron chi connectivity index (χ4n) is 10.5. The summed E-state index contributed by atoms with van der Waals surface area (Å²) in [5.41, 5.74) is 19.5. The van der Waals surface area contributed by atoms with Crippen LogP contribution in [0.2, 0.25) is 0 Å². The Morgan fingerprint density at radius 1 is 0.458 bits per heavy atom. The number of para-hydroxylation sites is 1. The Morgan fingerprint density at radius 2 is 1.12 bits per heavy atom. The predicted molar refractivity (Wildman–Crippen MR) is 248 cm³/mol. The average molecular weight is 770 g/mol. The van der Waals surface area contributed by atoms with Gasteiger partial charge in [0.1, 0.15) is 22.3 Å². The van der Waals surface area contributed by atoms with Crippen molar-refractivity contribution in [1.29, 1.82) is 0 Å². The number of furan rings is 2. The maximum absolute atomic E-state index is 7.21. The molecule has 3 heteroatoms. The summed E-state index contributed by atoms with van der Waals surface area (Å²) in [6, 6.07) is 47.3. The van der Waals surface area contributed by atoms with Gasteiger partial charge < -0.3 is 13.7 Å². The van der Waals surface area contributed by atoms with E-state index >= 15 is 0 Å². The maximum atomic E-state index is 7.21. The van der Waals surface area contributed by atoms with Crippen LogP contribution in [0.4, 0.5) is 17.1 Å². The summed E-state index contributed by atoms with van der Waals surface area (Å²) < 4.78 is 13.8. The highest BCUT2D eigenvalue weighted by Crippen LogP contribution is 2.58. The molecule has 9 aromatic rings. The molecule has 59 heavy (non-hydrogen) atoms. The molecule has 0 aliphatic heterocycles. The van der Waals surface area contributed by atoms with Gasteiger partial charge in [-0.3, -0.25) is 0 Å². The fraction of sp³-hybridized carbons (Fsp3) is 0.250. The Hall–Kier alpha value is -6.06. The first-order chi connectivity index (χ1) is 28.0. The number of anilines is 3. The maximum Gasteiger partial charge on any atom is 0.140 e. The molecule has 292 valence electrons. The summed E-state index contributed by atoms with van der Waals surface area (Å²) in [5.74, 6) is 0. The van der Waals surface area contributed by atoms with Crippen molar-refractivity contribution in [1.82, 2.24) is 0 Å². The summed E-state index contributed by atoms with van der Waals surface area (Å²) in [6.45, 7) is 23.3. The van der Waals surface area contributed by atoms with E-state index < -0.39 is 0 Å². The van der Waals surface area contributed by atoms with E-state index in [1.165, 1.54) is 66.4 Å². The molecule has 0 amide bonds. The molecule has 0 saturated heterocycles. The highest BCUT2D eigenvalue weighted by atomic mass is 16.3. The number of hydrogen-bond acceptors (Lipinski definition) is 3. The number of rotatable bonds is 3.